The molecule has 0 aromatic carbocycles. The fourth-order valence-electron chi connectivity index (χ4n) is 3.84. The summed E-state index contributed by atoms with van der Waals surface area (Å²) in [6.45, 7) is 13.2. The van der Waals surface area contributed by atoms with Gasteiger partial charge in [-0.2, -0.15) is 0 Å². The summed E-state index contributed by atoms with van der Waals surface area (Å²) in [5.74, 6) is 0.788. The van der Waals surface area contributed by atoms with Crippen molar-refractivity contribution < 1.29 is 0 Å². The lowest BCUT2D eigenvalue weighted by atomic mass is 9.85. The van der Waals surface area contributed by atoms with Gasteiger partial charge in [0.15, 0.2) is 0 Å². The maximum atomic E-state index is 3.66. The molecule has 1 heterocycles. The molecule has 3 atom stereocenters. The second kappa shape index (κ2) is 5.92. The summed E-state index contributed by atoms with van der Waals surface area (Å²) < 4.78 is 0. The SMILES string of the molecule is CCCC1(CN2CCC(NCC)C(C)C2C)CC1. The zero-order valence-electron chi connectivity index (χ0n) is 12.8. The van der Waals surface area contributed by atoms with Crippen LogP contribution in [-0.2, 0) is 0 Å². The van der Waals surface area contributed by atoms with Gasteiger partial charge in [0.25, 0.3) is 0 Å². The van der Waals surface area contributed by atoms with Crippen molar-refractivity contribution in [1.82, 2.24) is 10.2 Å². The van der Waals surface area contributed by atoms with Crippen LogP contribution in [0.25, 0.3) is 0 Å². The molecule has 2 fully saturated rings. The molecule has 0 aromatic rings. The van der Waals surface area contributed by atoms with Gasteiger partial charge in [0.2, 0.25) is 0 Å². The van der Waals surface area contributed by atoms with Crippen LogP contribution >= 0.6 is 0 Å². The number of piperidine rings is 1. The van der Waals surface area contributed by atoms with Gasteiger partial charge >= 0.3 is 0 Å². The van der Waals surface area contributed by atoms with Crippen molar-refractivity contribution in [3.63, 3.8) is 0 Å². The molecule has 2 heteroatoms. The van der Waals surface area contributed by atoms with E-state index < -0.39 is 0 Å². The van der Waals surface area contributed by atoms with E-state index in [0.717, 1.165) is 24.5 Å². The molecule has 1 saturated heterocycles. The highest BCUT2D eigenvalue weighted by Crippen LogP contribution is 2.50. The van der Waals surface area contributed by atoms with Gasteiger partial charge in [-0.05, 0) is 57.0 Å². The van der Waals surface area contributed by atoms with Crippen molar-refractivity contribution in [2.45, 2.75) is 71.9 Å². The summed E-state index contributed by atoms with van der Waals surface area (Å²) in [7, 11) is 0. The number of nitrogens with one attached hydrogen (secondary N) is 1. The van der Waals surface area contributed by atoms with Crippen LogP contribution in [0.3, 0.4) is 0 Å². The lowest BCUT2D eigenvalue weighted by Gasteiger charge is -2.44. The van der Waals surface area contributed by atoms with E-state index in [1.165, 1.54) is 45.2 Å². The molecule has 1 aliphatic carbocycles. The van der Waals surface area contributed by atoms with Crippen molar-refractivity contribution in [1.29, 1.82) is 0 Å². The van der Waals surface area contributed by atoms with E-state index >= 15 is 0 Å². The number of hydrogen-bond donors (Lipinski definition) is 1. The van der Waals surface area contributed by atoms with Gasteiger partial charge in [-0.1, -0.05) is 27.2 Å². The first kappa shape index (κ1) is 14.3. The second-order valence-corrected chi connectivity index (χ2v) is 6.77. The Labute approximate surface area is 114 Å². The standard InChI is InChI=1S/C16H32N2/c1-5-8-16(9-10-16)12-18-11-7-15(17-6-2)13(3)14(18)4/h13-15,17H,5-12H2,1-4H3. The lowest BCUT2D eigenvalue weighted by Crippen LogP contribution is -2.54. The summed E-state index contributed by atoms with van der Waals surface area (Å²) >= 11 is 0. The zero-order valence-corrected chi connectivity index (χ0v) is 12.8. The third-order valence-electron chi connectivity index (χ3n) is 5.44. The predicted octanol–water partition coefficient (Wildman–Crippen LogP) is 3.28. The number of likely N-dealkylation sites (tertiary alicyclic amines) is 1. The first-order valence-electron chi connectivity index (χ1n) is 8.09. The highest BCUT2D eigenvalue weighted by Gasteiger charge is 2.45. The quantitative estimate of drug-likeness (QED) is 0.780. The minimum Gasteiger partial charge on any atom is -0.314 e. The van der Waals surface area contributed by atoms with E-state index in [1.807, 2.05) is 0 Å². The molecular weight excluding hydrogens is 220 g/mol. The Morgan fingerprint density at radius 3 is 2.50 bits per heavy atom. The molecule has 2 aliphatic rings. The van der Waals surface area contributed by atoms with E-state index in [1.54, 1.807) is 0 Å². The Kier molecular flexibility index (Phi) is 4.71. The minimum absolute atomic E-state index is 0.716. The first-order valence-corrected chi connectivity index (χ1v) is 8.09. The number of hydrogen-bond acceptors (Lipinski definition) is 2. The maximum Gasteiger partial charge on any atom is 0.0120 e. The fraction of sp³-hybridized carbons (Fsp3) is 1.00. The highest BCUT2D eigenvalue weighted by molar-refractivity contribution is 4.98. The molecule has 18 heavy (non-hydrogen) atoms. The van der Waals surface area contributed by atoms with E-state index in [2.05, 4.69) is 37.9 Å². The summed E-state index contributed by atoms with van der Waals surface area (Å²) in [6.07, 6.45) is 7.10. The molecule has 106 valence electrons. The Bertz CT molecular complexity index is 260. The third-order valence-corrected chi connectivity index (χ3v) is 5.44. The summed E-state index contributed by atoms with van der Waals surface area (Å²) in [5.41, 5.74) is 0.716. The Morgan fingerprint density at radius 2 is 1.94 bits per heavy atom. The van der Waals surface area contributed by atoms with Crippen LogP contribution in [0.4, 0.5) is 0 Å². The first-order chi connectivity index (χ1) is 8.62. The molecule has 0 bridgehead atoms. The Hall–Kier alpha value is -0.0800. The molecule has 2 rings (SSSR count). The normalized spacial score (nSPS) is 35.7. The third kappa shape index (κ3) is 3.08. The van der Waals surface area contributed by atoms with Gasteiger partial charge in [0, 0.05) is 18.6 Å². The maximum absolute atomic E-state index is 3.66. The molecule has 1 aliphatic heterocycles. The van der Waals surface area contributed by atoms with Gasteiger partial charge in [-0.15, -0.1) is 0 Å². The molecular formula is C16H32N2. The molecule has 3 unspecified atom stereocenters. The van der Waals surface area contributed by atoms with Gasteiger partial charge in [0.1, 0.15) is 0 Å². The van der Waals surface area contributed by atoms with Crippen LogP contribution in [0.15, 0.2) is 0 Å². The zero-order chi connectivity index (χ0) is 13.2. The summed E-state index contributed by atoms with van der Waals surface area (Å²) in [4.78, 5) is 2.78. The Morgan fingerprint density at radius 1 is 1.22 bits per heavy atom. The molecule has 1 N–H and O–H groups in total. The molecule has 0 amide bonds. The van der Waals surface area contributed by atoms with Crippen LogP contribution < -0.4 is 5.32 Å². The largest absolute Gasteiger partial charge is 0.314 e. The average molecular weight is 252 g/mol. The van der Waals surface area contributed by atoms with Crippen LogP contribution in [0, 0.1) is 11.3 Å². The molecule has 0 aromatic heterocycles. The molecule has 1 saturated carbocycles. The number of rotatable bonds is 6. The fourth-order valence-corrected chi connectivity index (χ4v) is 3.84. The monoisotopic (exact) mass is 252 g/mol. The van der Waals surface area contributed by atoms with E-state index in [0.29, 0.717) is 5.41 Å². The predicted molar refractivity (Wildman–Crippen MR) is 78.9 cm³/mol. The smallest absolute Gasteiger partial charge is 0.0120 e. The van der Waals surface area contributed by atoms with Crippen LogP contribution in [0.5, 0.6) is 0 Å². The second-order valence-electron chi connectivity index (χ2n) is 6.77. The van der Waals surface area contributed by atoms with Crippen molar-refractivity contribution in [2.24, 2.45) is 11.3 Å². The summed E-state index contributed by atoms with van der Waals surface area (Å²) in [5, 5.41) is 3.66. The lowest BCUT2D eigenvalue weighted by molar-refractivity contribution is 0.0645. The number of nitrogens with zero attached hydrogens (tertiary/aromatic N) is 1. The van der Waals surface area contributed by atoms with Gasteiger partial charge in [-0.3, -0.25) is 4.90 Å². The molecule has 2 nitrogen and oxygen atoms in total. The Balaban J connectivity index is 1.88. The topological polar surface area (TPSA) is 15.3 Å². The van der Waals surface area contributed by atoms with Crippen LogP contribution in [-0.4, -0.2) is 36.6 Å². The van der Waals surface area contributed by atoms with E-state index in [9.17, 15) is 0 Å². The van der Waals surface area contributed by atoms with Gasteiger partial charge < -0.3 is 5.32 Å². The highest BCUT2D eigenvalue weighted by atomic mass is 15.2. The average Bonchev–Trinajstić information content (AvgIpc) is 3.10. The van der Waals surface area contributed by atoms with Crippen molar-refractivity contribution in [3.8, 4) is 0 Å². The summed E-state index contributed by atoms with van der Waals surface area (Å²) in [6, 6.07) is 1.49. The van der Waals surface area contributed by atoms with Crippen molar-refractivity contribution >= 4 is 0 Å². The minimum atomic E-state index is 0.716. The molecule has 0 spiro atoms. The van der Waals surface area contributed by atoms with Gasteiger partial charge in [0.05, 0.1) is 0 Å². The van der Waals surface area contributed by atoms with Gasteiger partial charge in [-0.25, -0.2) is 0 Å². The molecule has 0 radical (unpaired) electrons. The van der Waals surface area contributed by atoms with E-state index in [-0.39, 0.29) is 0 Å². The van der Waals surface area contributed by atoms with Crippen LogP contribution in [0.2, 0.25) is 0 Å². The van der Waals surface area contributed by atoms with E-state index in [4.69, 9.17) is 0 Å². The van der Waals surface area contributed by atoms with Crippen molar-refractivity contribution in [3.05, 3.63) is 0 Å². The van der Waals surface area contributed by atoms with Crippen LogP contribution in [0.1, 0.15) is 59.8 Å². The van der Waals surface area contributed by atoms with Crippen molar-refractivity contribution in [2.75, 3.05) is 19.6 Å².